The fourth-order valence-corrected chi connectivity index (χ4v) is 2.72. The Kier molecular flexibility index (Phi) is 6.44. The predicted octanol–water partition coefficient (Wildman–Crippen LogP) is 5.63. The first-order chi connectivity index (χ1) is 11.6. The maximum Gasteiger partial charge on any atom is 0.576 e. The molecule has 2 nitrogen and oxygen atoms in total. The topological polar surface area (TPSA) is 18.5 Å². The largest absolute Gasteiger partial charge is 0.576 e. The lowest BCUT2D eigenvalue weighted by Crippen LogP contribution is -2.10. The van der Waals surface area contributed by atoms with Gasteiger partial charge in [0.2, 0.25) is 0 Å². The van der Waals surface area contributed by atoms with Gasteiger partial charge in [0.1, 0.15) is 11.5 Å². The van der Waals surface area contributed by atoms with Crippen LogP contribution < -0.4 is 9.31 Å². The van der Waals surface area contributed by atoms with E-state index in [1.807, 2.05) is 0 Å². The predicted molar refractivity (Wildman–Crippen MR) is 85.1 cm³/mol. The van der Waals surface area contributed by atoms with Crippen molar-refractivity contribution in [3.63, 3.8) is 0 Å². The number of halogens is 6. The summed E-state index contributed by atoms with van der Waals surface area (Å²) in [6.07, 6.45) is 0. The van der Waals surface area contributed by atoms with Crippen LogP contribution in [-0.4, -0.2) is 18.7 Å². The van der Waals surface area contributed by atoms with E-state index in [1.54, 1.807) is 0 Å². The molecule has 0 heterocycles. The van der Waals surface area contributed by atoms with Crippen LogP contribution in [0.25, 0.3) is 0 Å². The minimum absolute atomic E-state index is 0.0264. The molecule has 25 heavy (non-hydrogen) atoms. The highest BCUT2D eigenvalue weighted by molar-refractivity contribution is 8.00. The van der Waals surface area contributed by atoms with Gasteiger partial charge in [0.15, 0.2) is 0 Å². The normalized spacial score (nSPS) is 11.9. The van der Waals surface area contributed by atoms with Crippen molar-refractivity contribution in [2.45, 2.75) is 20.8 Å². The van der Waals surface area contributed by atoms with Crippen molar-refractivity contribution in [3.8, 4) is 11.5 Å². The highest BCUT2D eigenvalue weighted by atomic mass is 32.2. The van der Waals surface area contributed by atoms with Gasteiger partial charge in [0.25, 0.3) is 0 Å². The highest BCUT2D eigenvalue weighted by Gasteiger charge is 2.29. The van der Waals surface area contributed by atoms with Crippen LogP contribution in [0.3, 0.4) is 0 Å². The maximum atomic E-state index is 12.2. The van der Waals surface area contributed by atoms with E-state index < -0.39 is 11.0 Å². The molecule has 0 aromatic heterocycles. The summed E-state index contributed by atoms with van der Waals surface area (Å²) in [4.78, 5) is 0.0528. The van der Waals surface area contributed by atoms with Crippen LogP contribution in [0.15, 0.2) is 58.3 Å². The Bertz CT molecular complexity index is 614. The van der Waals surface area contributed by atoms with Gasteiger partial charge in [-0.2, -0.15) is 26.3 Å². The zero-order valence-electron chi connectivity index (χ0n) is 12.2. The first kappa shape index (κ1) is 19.7. The number of thioether (sulfide) groups is 2. The van der Waals surface area contributed by atoms with Crippen molar-refractivity contribution < 1.29 is 35.7 Å². The number of rotatable bonds is 6. The molecule has 0 fully saturated rings. The Morgan fingerprint density at radius 2 is 0.920 bits per heavy atom. The van der Waals surface area contributed by atoms with Crippen molar-refractivity contribution in [1.82, 2.24) is 0 Å². The zero-order valence-corrected chi connectivity index (χ0v) is 13.9. The monoisotopic (exact) mass is 398 g/mol. The van der Waals surface area contributed by atoms with E-state index in [4.69, 9.17) is 9.31 Å². The van der Waals surface area contributed by atoms with Crippen LogP contribution in [0.2, 0.25) is 0 Å². The van der Waals surface area contributed by atoms with Crippen LogP contribution in [0, 0.1) is 0 Å². The Morgan fingerprint density at radius 3 is 1.20 bits per heavy atom. The molecule has 11 heteroatoms. The molecule has 0 N–H and O–H groups in total. The SMILES string of the molecule is FC(F)(F)Sc1ccc(OBOc2ccc(SC(F)(F)F)cc2)cc1. The highest BCUT2D eigenvalue weighted by Crippen LogP contribution is 2.38. The second kappa shape index (κ2) is 8.18. The fraction of sp³-hybridized carbons (Fsp3) is 0.143. The first-order valence-electron chi connectivity index (χ1n) is 6.58. The molecule has 0 spiro atoms. The van der Waals surface area contributed by atoms with Crippen molar-refractivity contribution >= 4 is 31.2 Å². The molecule has 0 unspecified atom stereocenters. The summed E-state index contributed by atoms with van der Waals surface area (Å²) in [5, 5.41) is 0. The lowest BCUT2D eigenvalue weighted by atomic mass is 10.3. The smallest absolute Gasteiger partial charge is 0.529 e. The van der Waals surface area contributed by atoms with Gasteiger partial charge >= 0.3 is 18.7 Å². The second-order valence-corrected chi connectivity index (χ2v) is 6.72. The lowest BCUT2D eigenvalue weighted by Gasteiger charge is -2.10. The third-order valence-corrected chi connectivity index (χ3v) is 4.04. The van der Waals surface area contributed by atoms with E-state index in [1.165, 1.54) is 48.5 Å². The molecule has 134 valence electrons. The third-order valence-electron chi connectivity index (χ3n) is 2.57. The summed E-state index contributed by atoms with van der Waals surface area (Å²) >= 11 is -0.467. The quantitative estimate of drug-likeness (QED) is 0.356. The lowest BCUT2D eigenvalue weighted by molar-refractivity contribution is -0.0337. The average molecular weight is 398 g/mol. The second-order valence-electron chi connectivity index (χ2n) is 4.44. The molecule has 2 aromatic rings. The molecule has 0 bridgehead atoms. The Balaban J connectivity index is 1.80. The van der Waals surface area contributed by atoms with Gasteiger partial charge in [-0.15, -0.1) is 0 Å². The van der Waals surface area contributed by atoms with Gasteiger partial charge in [0, 0.05) is 9.79 Å². The third kappa shape index (κ3) is 7.87. The molecule has 0 amide bonds. The Labute approximate surface area is 148 Å². The van der Waals surface area contributed by atoms with E-state index in [-0.39, 0.29) is 41.0 Å². The minimum atomic E-state index is -4.36. The van der Waals surface area contributed by atoms with Crippen molar-refractivity contribution in [2.75, 3.05) is 0 Å². The van der Waals surface area contributed by atoms with Crippen LogP contribution in [-0.2, 0) is 0 Å². The molecular formula is C14H9BF6O2S2. The Morgan fingerprint density at radius 1 is 0.600 bits per heavy atom. The average Bonchev–Trinajstić information content (AvgIpc) is 2.48. The van der Waals surface area contributed by atoms with Crippen LogP contribution >= 0.6 is 23.5 Å². The molecular weight excluding hydrogens is 389 g/mol. The molecule has 0 aliphatic rings. The van der Waals surface area contributed by atoms with Crippen LogP contribution in [0.1, 0.15) is 0 Å². The standard InChI is InChI=1S/C14H9BF6O2S2/c16-13(17,18)24-11-5-1-9(2-6-11)22-15-23-10-3-7-12(8-4-10)25-14(19,20)21/h1-8,15H. The van der Waals surface area contributed by atoms with Crippen molar-refractivity contribution in [1.29, 1.82) is 0 Å². The van der Waals surface area contributed by atoms with Gasteiger partial charge in [-0.3, -0.25) is 0 Å². The van der Waals surface area contributed by atoms with Gasteiger partial charge in [0.05, 0.1) is 0 Å². The van der Waals surface area contributed by atoms with E-state index in [0.29, 0.717) is 11.5 Å². The van der Waals surface area contributed by atoms with E-state index in [9.17, 15) is 26.3 Å². The number of hydrogen-bond acceptors (Lipinski definition) is 4. The molecule has 0 radical (unpaired) electrons. The molecule has 0 aliphatic heterocycles. The maximum absolute atomic E-state index is 12.2. The number of hydrogen-bond donors (Lipinski definition) is 0. The molecule has 2 rings (SSSR count). The fourth-order valence-electron chi connectivity index (χ4n) is 1.64. The molecule has 0 atom stereocenters. The summed E-state index contributed by atoms with van der Waals surface area (Å²) in [5.41, 5.74) is -8.72. The van der Waals surface area contributed by atoms with Gasteiger partial charge < -0.3 is 9.31 Å². The van der Waals surface area contributed by atoms with Gasteiger partial charge in [-0.25, -0.2) is 0 Å². The summed E-state index contributed by atoms with van der Waals surface area (Å²) in [5.74, 6) is 0.603. The van der Waals surface area contributed by atoms with Crippen LogP contribution in [0.4, 0.5) is 26.3 Å². The summed E-state index contributed by atoms with van der Waals surface area (Å²) in [7, 11) is -0.239. The van der Waals surface area contributed by atoms with Gasteiger partial charge in [-0.05, 0) is 72.1 Å². The molecule has 2 aromatic carbocycles. The Hall–Kier alpha value is -1.62. The van der Waals surface area contributed by atoms with E-state index in [2.05, 4.69) is 0 Å². The van der Waals surface area contributed by atoms with Gasteiger partial charge in [-0.1, -0.05) is 0 Å². The summed E-state index contributed by atoms with van der Waals surface area (Å²) in [6.45, 7) is 0. The van der Waals surface area contributed by atoms with Crippen LogP contribution in [0.5, 0.6) is 11.5 Å². The number of benzene rings is 2. The van der Waals surface area contributed by atoms with E-state index in [0.717, 1.165) is 0 Å². The van der Waals surface area contributed by atoms with E-state index >= 15 is 0 Å². The van der Waals surface area contributed by atoms with Crippen molar-refractivity contribution in [2.24, 2.45) is 0 Å². The number of alkyl halides is 6. The summed E-state index contributed by atoms with van der Waals surface area (Å²) in [6, 6.07) is 10.5. The zero-order chi connectivity index (χ0) is 18.5. The van der Waals surface area contributed by atoms with Crippen molar-refractivity contribution in [3.05, 3.63) is 48.5 Å². The molecule has 0 aliphatic carbocycles. The first-order valence-corrected chi connectivity index (χ1v) is 8.21. The minimum Gasteiger partial charge on any atom is -0.529 e. The molecule has 0 saturated carbocycles. The summed E-state index contributed by atoms with van der Waals surface area (Å²) < 4.78 is 83.6. The molecule has 0 saturated heterocycles.